The van der Waals surface area contributed by atoms with Crippen molar-refractivity contribution in [3.63, 3.8) is 0 Å². The Morgan fingerprint density at radius 2 is 2.11 bits per heavy atom. The van der Waals surface area contributed by atoms with Gasteiger partial charge < -0.3 is 19.1 Å². The van der Waals surface area contributed by atoms with Gasteiger partial charge in [-0.3, -0.25) is 9.59 Å². The van der Waals surface area contributed by atoms with E-state index in [1.54, 1.807) is 16.8 Å². The van der Waals surface area contributed by atoms with E-state index < -0.39 is 0 Å². The summed E-state index contributed by atoms with van der Waals surface area (Å²) in [6.07, 6.45) is 7.57. The molecule has 3 saturated heterocycles. The lowest BCUT2D eigenvalue weighted by molar-refractivity contribution is -0.141. The maximum Gasteiger partial charge on any atom is 0.270 e. The van der Waals surface area contributed by atoms with Crippen molar-refractivity contribution in [3.05, 3.63) is 23.0 Å². The largest absolute Gasteiger partial charge is 0.376 e. The summed E-state index contributed by atoms with van der Waals surface area (Å²) in [4.78, 5) is 29.2. The predicted molar refractivity (Wildman–Crippen MR) is 103 cm³/mol. The number of hydrogen-bond acceptors (Lipinski definition) is 3. The first kappa shape index (κ1) is 18.8. The number of hydrogen-bond donors (Lipinski definition) is 0. The van der Waals surface area contributed by atoms with Gasteiger partial charge in [0.2, 0.25) is 5.91 Å². The number of aromatic nitrogens is 1. The van der Waals surface area contributed by atoms with Gasteiger partial charge in [0, 0.05) is 52.5 Å². The molecule has 0 bridgehead atoms. The fourth-order valence-corrected chi connectivity index (χ4v) is 5.04. The van der Waals surface area contributed by atoms with Crippen LogP contribution in [0.2, 0.25) is 5.02 Å². The molecule has 0 aromatic carbocycles. The minimum atomic E-state index is 0.0438. The van der Waals surface area contributed by atoms with Gasteiger partial charge in [-0.2, -0.15) is 0 Å². The van der Waals surface area contributed by atoms with Crippen LogP contribution < -0.4 is 0 Å². The molecule has 0 N–H and O–H groups in total. The van der Waals surface area contributed by atoms with Crippen molar-refractivity contribution in [2.75, 3.05) is 32.8 Å². The minimum Gasteiger partial charge on any atom is -0.376 e. The van der Waals surface area contributed by atoms with Crippen LogP contribution >= 0.6 is 11.6 Å². The molecule has 0 saturated carbocycles. The van der Waals surface area contributed by atoms with Gasteiger partial charge in [0.25, 0.3) is 5.91 Å². The number of carbonyl (C=O) groups is 2. The van der Waals surface area contributed by atoms with E-state index in [1.807, 2.05) is 16.8 Å². The Balaban J connectivity index is 1.37. The molecule has 1 aromatic rings. The first-order valence-electron chi connectivity index (χ1n) is 9.96. The molecule has 6 nitrogen and oxygen atoms in total. The van der Waals surface area contributed by atoms with Gasteiger partial charge in [0.15, 0.2) is 0 Å². The molecule has 1 spiro atoms. The van der Waals surface area contributed by atoms with Crippen molar-refractivity contribution in [2.45, 2.75) is 44.6 Å². The van der Waals surface area contributed by atoms with Crippen LogP contribution in [0, 0.1) is 5.41 Å². The molecule has 0 radical (unpaired) electrons. The number of ether oxygens (including phenoxy) is 1. The molecule has 27 heavy (non-hydrogen) atoms. The summed E-state index contributed by atoms with van der Waals surface area (Å²) >= 11 is 6.03. The molecule has 4 rings (SSSR count). The average Bonchev–Trinajstić information content (AvgIpc) is 3.28. The molecule has 3 aliphatic heterocycles. The van der Waals surface area contributed by atoms with Crippen molar-refractivity contribution >= 4 is 23.4 Å². The summed E-state index contributed by atoms with van der Waals surface area (Å²) in [6.45, 7) is 3.83. The Bertz CT molecular complexity index is 718. The molecule has 3 aliphatic rings. The summed E-state index contributed by atoms with van der Waals surface area (Å²) in [6, 6.07) is 1.73. The molecule has 148 valence electrons. The SMILES string of the molecule is Cn1cc(Cl)cc1C(=O)N1CCC2(CCC(=O)N(CC3CCCO3)C2)CC1. The van der Waals surface area contributed by atoms with E-state index in [4.69, 9.17) is 16.3 Å². The molecular formula is C20H28ClN3O3. The second kappa shape index (κ2) is 7.47. The normalized spacial score (nSPS) is 25.4. The number of piperidine rings is 2. The average molecular weight is 394 g/mol. The topological polar surface area (TPSA) is 54.8 Å². The molecule has 1 atom stereocenters. The molecule has 2 amide bonds. The Hall–Kier alpha value is -1.53. The van der Waals surface area contributed by atoms with Crippen LogP contribution in [0.15, 0.2) is 12.3 Å². The Morgan fingerprint density at radius 3 is 2.74 bits per heavy atom. The van der Waals surface area contributed by atoms with Gasteiger partial charge in [-0.25, -0.2) is 0 Å². The Kier molecular flexibility index (Phi) is 5.21. The molecule has 1 unspecified atom stereocenters. The summed E-state index contributed by atoms with van der Waals surface area (Å²) in [5.41, 5.74) is 0.782. The summed E-state index contributed by atoms with van der Waals surface area (Å²) in [7, 11) is 1.85. The Morgan fingerprint density at radius 1 is 1.33 bits per heavy atom. The molecule has 4 heterocycles. The highest BCUT2D eigenvalue weighted by atomic mass is 35.5. The van der Waals surface area contributed by atoms with Crippen molar-refractivity contribution in [1.82, 2.24) is 14.4 Å². The monoisotopic (exact) mass is 393 g/mol. The highest BCUT2D eigenvalue weighted by Crippen LogP contribution is 2.40. The van der Waals surface area contributed by atoms with E-state index in [9.17, 15) is 9.59 Å². The van der Waals surface area contributed by atoms with Gasteiger partial charge in [-0.1, -0.05) is 11.6 Å². The fourth-order valence-electron chi connectivity index (χ4n) is 4.79. The standard InChI is InChI=1S/C20H28ClN3O3/c1-22-12-15(21)11-17(22)19(26)23-8-6-20(7-9-23)5-4-18(25)24(14-20)13-16-3-2-10-27-16/h11-12,16H,2-10,13-14H2,1H3. The van der Waals surface area contributed by atoms with E-state index in [0.29, 0.717) is 17.1 Å². The smallest absolute Gasteiger partial charge is 0.270 e. The van der Waals surface area contributed by atoms with Gasteiger partial charge in [-0.05, 0) is 43.6 Å². The van der Waals surface area contributed by atoms with Crippen molar-refractivity contribution in [3.8, 4) is 0 Å². The third-order valence-electron chi connectivity index (χ3n) is 6.50. The number of carbonyl (C=O) groups excluding carboxylic acids is 2. The summed E-state index contributed by atoms with van der Waals surface area (Å²) in [5.74, 6) is 0.301. The van der Waals surface area contributed by atoms with E-state index in [-0.39, 0.29) is 23.3 Å². The van der Waals surface area contributed by atoms with E-state index in [2.05, 4.69) is 0 Å². The van der Waals surface area contributed by atoms with Gasteiger partial charge in [0.05, 0.1) is 11.1 Å². The van der Waals surface area contributed by atoms with Gasteiger partial charge in [-0.15, -0.1) is 0 Å². The van der Waals surface area contributed by atoms with Crippen molar-refractivity contribution in [2.24, 2.45) is 12.5 Å². The maximum atomic E-state index is 12.8. The van der Waals surface area contributed by atoms with Crippen LogP contribution in [-0.4, -0.2) is 65.1 Å². The van der Waals surface area contributed by atoms with Crippen molar-refractivity contribution < 1.29 is 14.3 Å². The lowest BCUT2D eigenvalue weighted by Gasteiger charge is -2.47. The number of nitrogens with zero attached hydrogens (tertiary/aromatic N) is 3. The zero-order chi connectivity index (χ0) is 19.0. The number of rotatable bonds is 3. The fraction of sp³-hybridized carbons (Fsp3) is 0.700. The first-order chi connectivity index (χ1) is 13.0. The second-order valence-electron chi connectivity index (χ2n) is 8.36. The number of likely N-dealkylation sites (tertiary alicyclic amines) is 2. The maximum absolute atomic E-state index is 12.8. The zero-order valence-electron chi connectivity index (χ0n) is 16.0. The third-order valence-corrected chi connectivity index (χ3v) is 6.70. The van der Waals surface area contributed by atoms with Crippen LogP contribution in [0.4, 0.5) is 0 Å². The van der Waals surface area contributed by atoms with E-state index >= 15 is 0 Å². The number of amides is 2. The molecular weight excluding hydrogens is 366 g/mol. The highest BCUT2D eigenvalue weighted by molar-refractivity contribution is 6.31. The van der Waals surface area contributed by atoms with Gasteiger partial charge >= 0.3 is 0 Å². The molecule has 7 heteroatoms. The quantitative estimate of drug-likeness (QED) is 0.793. The predicted octanol–water partition coefficient (Wildman–Crippen LogP) is 2.70. The van der Waals surface area contributed by atoms with Crippen molar-refractivity contribution in [1.29, 1.82) is 0 Å². The molecule has 3 fully saturated rings. The van der Waals surface area contributed by atoms with Crippen LogP contribution in [0.25, 0.3) is 0 Å². The third kappa shape index (κ3) is 3.87. The van der Waals surface area contributed by atoms with E-state index in [1.165, 1.54) is 0 Å². The van der Waals surface area contributed by atoms with Gasteiger partial charge in [0.1, 0.15) is 5.69 Å². The molecule has 0 aliphatic carbocycles. The highest BCUT2D eigenvalue weighted by Gasteiger charge is 2.42. The minimum absolute atomic E-state index is 0.0438. The second-order valence-corrected chi connectivity index (χ2v) is 8.79. The van der Waals surface area contributed by atoms with Crippen LogP contribution in [0.5, 0.6) is 0 Å². The summed E-state index contributed by atoms with van der Waals surface area (Å²) < 4.78 is 7.52. The van der Waals surface area contributed by atoms with Crippen LogP contribution in [-0.2, 0) is 16.6 Å². The number of halogens is 1. The zero-order valence-corrected chi connectivity index (χ0v) is 16.7. The lowest BCUT2D eigenvalue weighted by Crippen LogP contribution is -2.53. The number of aryl methyl sites for hydroxylation is 1. The molecule has 1 aromatic heterocycles. The van der Waals surface area contributed by atoms with Crippen LogP contribution in [0.1, 0.15) is 49.0 Å². The van der Waals surface area contributed by atoms with Crippen LogP contribution in [0.3, 0.4) is 0 Å². The Labute approximate surface area is 165 Å². The van der Waals surface area contributed by atoms with E-state index in [0.717, 1.165) is 64.9 Å². The first-order valence-corrected chi connectivity index (χ1v) is 10.3. The lowest BCUT2D eigenvalue weighted by atomic mass is 9.72. The summed E-state index contributed by atoms with van der Waals surface area (Å²) in [5, 5.41) is 0.588.